The molecule has 0 aliphatic heterocycles. The van der Waals surface area contributed by atoms with E-state index in [4.69, 9.17) is 0 Å². The van der Waals surface area contributed by atoms with Gasteiger partial charge in [0.05, 0.1) is 12.2 Å². The molecule has 4 nitrogen and oxygen atoms in total. The van der Waals surface area contributed by atoms with Gasteiger partial charge in [0.15, 0.2) is 9.84 Å². The van der Waals surface area contributed by atoms with Crippen LogP contribution < -0.4 is 0 Å². The minimum Gasteiger partial charge on any atom is -0.387 e. The Kier molecular flexibility index (Phi) is 3.33. The molecule has 0 amide bonds. The Balaban J connectivity index is 2.55. The number of sulfone groups is 1. The van der Waals surface area contributed by atoms with E-state index >= 15 is 0 Å². The highest BCUT2D eigenvalue weighted by atomic mass is 32.2. The fourth-order valence-corrected chi connectivity index (χ4v) is 4.64. The van der Waals surface area contributed by atoms with Crippen molar-refractivity contribution in [1.82, 2.24) is 0 Å². The van der Waals surface area contributed by atoms with Gasteiger partial charge in [0.25, 0.3) is 0 Å². The number of allylic oxidation sites excluding steroid dienone is 4. The van der Waals surface area contributed by atoms with Crippen LogP contribution in [0.3, 0.4) is 0 Å². The van der Waals surface area contributed by atoms with Crippen molar-refractivity contribution >= 4 is 9.84 Å². The summed E-state index contributed by atoms with van der Waals surface area (Å²) in [5.74, 6) is 0. The van der Waals surface area contributed by atoms with Crippen molar-refractivity contribution in [1.29, 1.82) is 0 Å². The third-order valence-corrected chi connectivity index (χ3v) is 7.07. The molecular formula is C14H18O4S. The molecule has 0 saturated carbocycles. The first-order chi connectivity index (χ1) is 8.76. The molecule has 0 saturated heterocycles. The maximum Gasteiger partial charge on any atom is 0.174 e. The van der Waals surface area contributed by atoms with Crippen LogP contribution in [0.5, 0.6) is 0 Å². The van der Waals surface area contributed by atoms with E-state index in [0.717, 1.165) is 0 Å². The molecule has 19 heavy (non-hydrogen) atoms. The van der Waals surface area contributed by atoms with E-state index in [1.54, 1.807) is 24.3 Å². The molecule has 0 aromatic carbocycles. The third-order valence-electron chi connectivity index (χ3n) is 4.00. The molecule has 104 valence electrons. The van der Waals surface area contributed by atoms with Gasteiger partial charge in [-0.15, -0.1) is 0 Å². The molecule has 2 aliphatic rings. The topological polar surface area (TPSA) is 74.6 Å². The third kappa shape index (κ3) is 1.84. The minimum absolute atomic E-state index is 1.13. The predicted octanol–water partition coefficient (Wildman–Crippen LogP) is 0.892. The Morgan fingerprint density at radius 3 is 1.53 bits per heavy atom. The number of hydrogen-bond acceptors (Lipinski definition) is 4. The van der Waals surface area contributed by atoms with Crippen molar-refractivity contribution in [3.8, 4) is 0 Å². The molecule has 4 atom stereocenters. The van der Waals surface area contributed by atoms with Gasteiger partial charge in [-0.1, -0.05) is 48.6 Å². The summed E-state index contributed by atoms with van der Waals surface area (Å²) in [7, 11) is -3.86. The van der Waals surface area contributed by atoms with Gasteiger partial charge in [-0.05, 0) is 13.8 Å². The lowest BCUT2D eigenvalue weighted by Crippen LogP contribution is -2.57. The molecule has 0 aromatic rings. The van der Waals surface area contributed by atoms with Gasteiger partial charge in [-0.25, -0.2) is 8.42 Å². The summed E-state index contributed by atoms with van der Waals surface area (Å²) in [6, 6.07) is 0. The second-order valence-corrected chi connectivity index (χ2v) is 8.02. The van der Waals surface area contributed by atoms with E-state index in [-0.39, 0.29) is 0 Å². The van der Waals surface area contributed by atoms with Crippen molar-refractivity contribution in [3.63, 3.8) is 0 Å². The summed E-state index contributed by atoms with van der Waals surface area (Å²) in [4.78, 5) is 0. The van der Waals surface area contributed by atoms with E-state index in [1.807, 2.05) is 0 Å². The number of aliphatic hydroxyl groups is 2. The van der Waals surface area contributed by atoms with Crippen molar-refractivity contribution in [3.05, 3.63) is 48.6 Å². The summed E-state index contributed by atoms with van der Waals surface area (Å²) >= 11 is 0. The van der Waals surface area contributed by atoms with Crippen LogP contribution in [0.15, 0.2) is 48.6 Å². The number of hydrogen-bond donors (Lipinski definition) is 2. The van der Waals surface area contributed by atoms with Crippen LogP contribution in [0.2, 0.25) is 0 Å². The summed E-state index contributed by atoms with van der Waals surface area (Å²) in [5, 5.41) is 20.1. The van der Waals surface area contributed by atoms with Crippen molar-refractivity contribution in [2.24, 2.45) is 0 Å². The fourth-order valence-electron chi connectivity index (χ4n) is 2.38. The smallest absolute Gasteiger partial charge is 0.174 e. The van der Waals surface area contributed by atoms with Crippen LogP contribution >= 0.6 is 0 Å². The zero-order chi connectivity index (χ0) is 14.3. The molecule has 5 heteroatoms. The highest BCUT2D eigenvalue weighted by molar-refractivity contribution is 7.94. The van der Waals surface area contributed by atoms with Crippen LogP contribution in [-0.2, 0) is 9.84 Å². The van der Waals surface area contributed by atoms with Gasteiger partial charge in [0, 0.05) is 0 Å². The highest BCUT2D eigenvalue weighted by Gasteiger charge is 2.55. The Labute approximate surface area is 113 Å². The average molecular weight is 282 g/mol. The monoisotopic (exact) mass is 282 g/mol. The van der Waals surface area contributed by atoms with Crippen LogP contribution in [0.25, 0.3) is 0 Å². The highest BCUT2D eigenvalue weighted by Crippen LogP contribution is 2.39. The summed E-state index contributed by atoms with van der Waals surface area (Å²) in [6.45, 7) is 2.94. The molecule has 0 fully saturated rings. The summed E-state index contributed by atoms with van der Waals surface area (Å²) in [5.41, 5.74) is 0. The largest absolute Gasteiger partial charge is 0.387 e. The van der Waals surface area contributed by atoms with Gasteiger partial charge in [0.1, 0.15) is 9.49 Å². The zero-order valence-corrected chi connectivity index (χ0v) is 11.7. The average Bonchev–Trinajstić information content (AvgIpc) is 2.36. The second kappa shape index (κ2) is 4.44. The second-order valence-electron chi connectivity index (χ2n) is 5.25. The molecule has 0 radical (unpaired) electrons. The molecule has 2 aliphatic carbocycles. The summed E-state index contributed by atoms with van der Waals surface area (Å²) in [6.07, 6.45) is 9.97. The lowest BCUT2D eigenvalue weighted by Gasteiger charge is -2.41. The molecule has 2 N–H and O–H groups in total. The lowest BCUT2D eigenvalue weighted by atomic mass is 9.97. The Morgan fingerprint density at radius 2 is 1.21 bits per heavy atom. The van der Waals surface area contributed by atoms with E-state index in [2.05, 4.69) is 0 Å². The molecule has 0 spiro atoms. The van der Waals surface area contributed by atoms with E-state index in [0.29, 0.717) is 0 Å². The predicted molar refractivity (Wildman–Crippen MR) is 74.3 cm³/mol. The molecule has 2 rings (SSSR count). The minimum atomic E-state index is -3.86. The first kappa shape index (κ1) is 14.2. The zero-order valence-electron chi connectivity index (χ0n) is 10.9. The number of aliphatic hydroxyl groups excluding tert-OH is 2. The van der Waals surface area contributed by atoms with E-state index < -0.39 is 31.5 Å². The first-order valence-corrected chi connectivity index (χ1v) is 7.56. The van der Waals surface area contributed by atoms with Gasteiger partial charge < -0.3 is 10.2 Å². The summed E-state index contributed by atoms with van der Waals surface area (Å²) < 4.78 is 22.9. The lowest BCUT2D eigenvalue weighted by molar-refractivity contribution is 0.177. The quantitative estimate of drug-likeness (QED) is 0.789. The van der Waals surface area contributed by atoms with Crippen LogP contribution in [0, 0.1) is 0 Å². The molecule has 0 bridgehead atoms. The van der Waals surface area contributed by atoms with Gasteiger partial charge >= 0.3 is 0 Å². The van der Waals surface area contributed by atoms with E-state index in [9.17, 15) is 18.6 Å². The van der Waals surface area contributed by atoms with Gasteiger partial charge in [0.2, 0.25) is 0 Å². The Bertz CT molecular complexity index is 539. The van der Waals surface area contributed by atoms with Crippen LogP contribution in [0.4, 0.5) is 0 Å². The van der Waals surface area contributed by atoms with Crippen LogP contribution in [-0.4, -0.2) is 40.3 Å². The molecule has 4 unspecified atom stereocenters. The SMILES string of the molecule is CC1(S(=O)(=O)C2(C)C=CC=CC2O)C=CC=CC1O. The number of rotatable bonds is 2. The van der Waals surface area contributed by atoms with Gasteiger partial charge in [-0.2, -0.15) is 0 Å². The standard InChI is InChI=1S/C14H18O4S/c1-13(9-5-3-7-11(13)15)19(17,18)14(2)10-6-4-8-12(14)16/h3-12,15-16H,1-2H3. The molecular weight excluding hydrogens is 264 g/mol. The van der Waals surface area contributed by atoms with Crippen molar-refractivity contribution in [2.75, 3.05) is 0 Å². The Hall–Kier alpha value is -1.17. The van der Waals surface area contributed by atoms with E-state index in [1.165, 1.54) is 38.2 Å². The van der Waals surface area contributed by atoms with Crippen LogP contribution in [0.1, 0.15) is 13.8 Å². The maximum absolute atomic E-state index is 12.9. The van der Waals surface area contributed by atoms with Crippen molar-refractivity contribution in [2.45, 2.75) is 35.5 Å². The normalized spacial score (nSPS) is 41.7. The molecule has 0 aromatic heterocycles. The fraction of sp³-hybridized carbons (Fsp3) is 0.429. The molecule has 0 heterocycles. The van der Waals surface area contributed by atoms with Gasteiger partial charge in [-0.3, -0.25) is 0 Å². The Morgan fingerprint density at radius 1 is 0.842 bits per heavy atom. The maximum atomic E-state index is 12.9. The first-order valence-electron chi connectivity index (χ1n) is 6.08. The van der Waals surface area contributed by atoms with Crippen molar-refractivity contribution < 1.29 is 18.6 Å².